The fraction of sp³-hybridized carbons (Fsp3) is 0.720. The van der Waals surface area contributed by atoms with E-state index in [4.69, 9.17) is 9.47 Å². The fourth-order valence-electron chi connectivity index (χ4n) is 4.78. The highest BCUT2D eigenvalue weighted by Crippen LogP contribution is 2.30. The number of rotatable bonds is 9. The monoisotopic (exact) mass is 445 g/mol. The zero-order valence-electron chi connectivity index (χ0n) is 20.5. The molecule has 0 radical (unpaired) electrons. The third kappa shape index (κ3) is 7.19. The highest BCUT2D eigenvalue weighted by atomic mass is 16.5. The molecule has 32 heavy (non-hydrogen) atoms. The Kier molecular flexibility index (Phi) is 9.78. The van der Waals surface area contributed by atoms with Crippen molar-refractivity contribution in [3.05, 3.63) is 18.2 Å². The molecule has 1 aromatic rings. The topological polar surface area (TPSA) is 61.4 Å². The van der Waals surface area contributed by atoms with Crippen LogP contribution in [0.5, 0.6) is 11.5 Å². The molecule has 2 aliphatic heterocycles. The van der Waals surface area contributed by atoms with Crippen LogP contribution in [0.4, 0.5) is 5.69 Å². The molecule has 1 aromatic carbocycles. The minimum absolute atomic E-state index is 0.444. The third-order valence-corrected chi connectivity index (χ3v) is 6.87. The number of benzene rings is 1. The lowest BCUT2D eigenvalue weighted by Crippen LogP contribution is -2.49. The quantitative estimate of drug-likeness (QED) is 0.345. The summed E-state index contributed by atoms with van der Waals surface area (Å²) in [6.07, 6.45) is 8.70. The van der Waals surface area contributed by atoms with Crippen LogP contribution in [0.25, 0.3) is 0 Å². The molecule has 1 atom stereocenters. The molecule has 0 amide bonds. The predicted molar refractivity (Wildman–Crippen MR) is 133 cm³/mol. The van der Waals surface area contributed by atoms with Gasteiger partial charge in [0, 0.05) is 62.7 Å². The van der Waals surface area contributed by atoms with Gasteiger partial charge in [0.05, 0.1) is 14.2 Å². The Bertz CT molecular complexity index is 696. The number of ether oxygens (including phenoxy) is 2. The Hall–Kier alpha value is -2.15. The molecule has 0 saturated carbocycles. The number of anilines is 1. The van der Waals surface area contributed by atoms with Gasteiger partial charge in [0.25, 0.3) is 0 Å². The minimum atomic E-state index is 0.444. The number of piperidine rings is 2. The van der Waals surface area contributed by atoms with Crippen molar-refractivity contribution in [3.8, 4) is 11.5 Å². The summed E-state index contributed by atoms with van der Waals surface area (Å²) in [5.41, 5.74) is 1.16. The van der Waals surface area contributed by atoms with Crippen LogP contribution >= 0.6 is 0 Å². The first kappa shape index (κ1) is 24.5. The molecule has 7 heteroatoms. The van der Waals surface area contributed by atoms with E-state index in [-0.39, 0.29) is 0 Å². The maximum Gasteiger partial charge on any atom is 0.191 e. The Labute approximate surface area is 194 Å². The number of nitrogens with zero attached hydrogens (tertiary/aromatic N) is 3. The van der Waals surface area contributed by atoms with Gasteiger partial charge in [-0.15, -0.1) is 0 Å². The van der Waals surface area contributed by atoms with Gasteiger partial charge in [0.1, 0.15) is 11.5 Å². The lowest BCUT2D eigenvalue weighted by Gasteiger charge is -2.35. The van der Waals surface area contributed by atoms with Crippen molar-refractivity contribution in [3.63, 3.8) is 0 Å². The van der Waals surface area contributed by atoms with Crippen molar-refractivity contribution in [2.75, 3.05) is 58.9 Å². The second kappa shape index (κ2) is 12.8. The van der Waals surface area contributed by atoms with Gasteiger partial charge >= 0.3 is 0 Å². The third-order valence-electron chi connectivity index (χ3n) is 6.87. The van der Waals surface area contributed by atoms with E-state index >= 15 is 0 Å². The Morgan fingerprint density at radius 1 is 1.00 bits per heavy atom. The van der Waals surface area contributed by atoms with Crippen LogP contribution in [0.1, 0.15) is 51.9 Å². The summed E-state index contributed by atoms with van der Waals surface area (Å²) in [6, 6.07) is 7.29. The van der Waals surface area contributed by atoms with E-state index in [2.05, 4.69) is 44.5 Å². The fourth-order valence-corrected chi connectivity index (χ4v) is 4.78. The number of nitrogens with one attached hydrogen (secondary N) is 2. The number of likely N-dealkylation sites (tertiary alicyclic amines) is 1. The summed E-state index contributed by atoms with van der Waals surface area (Å²) in [7, 11) is 5.26. The van der Waals surface area contributed by atoms with Gasteiger partial charge in [-0.05, 0) is 58.5 Å². The average molecular weight is 446 g/mol. The highest BCUT2D eigenvalue weighted by molar-refractivity contribution is 5.80. The average Bonchev–Trinajstić information content (AvgIpc) is 2.84. The Morgan fingerprint density at radius 3 is 2.34 bits per heavy atom. The van der Waals surface area contributed by atoms with E-state index in [9.17, 15) is 0 Å². The van der Waals surface area contributed by atoms with Gasteiger partial charge in [0.2, 0.25) is 0 Å². The SMILES string of the molecule is CN=C(NCCCCN1CCCCC1C)NC1CCN(c2cc(OC)cc(OC)c2)CC1. The second-order valence-corrected chi connectivity index (χ2v) is 9.06. The van der Waals surface area contributed by atoms with Gasteiger partial charge in [-0.3, -0.25) is 4.99 Å². The van der Waals surface area contributed by atoms with Crippen molar-refractivity contribution in [1.82, 2.24) is 15.5 Å². The molecule has 3 rings (SSSR count). The van der Waals surface area contributed by atoms with Crippen molar-refractivity contribution >= 4 is 11.6 Å². The molecule has 0 aromatic heterocycles. The van der Waals surface area contributed by atoms with E-state index in [0.29, 0.717) is 6.04 Å². The Morgan fingerprint density at radius 2 is 1.72 bits per heavy atom. The summed E-state index contributed by atoms with van der Waals surface area (Å²) in [5, 5.41) is 7.13. The van der Waals surface area contributed by atoms with Crippen molar-refractivity contribution < 1.29 is 9.47 Å². The second-order valence-electron chi connectivity index (χ2n) is 9.06. The normalized spacial score (nSPS) is 20.8. The van der Waals surface area contributed by atoms with Crippen LogP contribution in [0.3, 0.4) is 0 Å². The number of hydrogen-bond acceptors (Lipinski definition) is 5. The molecule has 180 valence electrons. The van der Waals surface area contributed by atoms with Crippen molar-refractivity contribution in [2.24, 2.45) is 4.99 Å². The van der Waals surface area contributed by atoms with Gasteiger partial charge in [-0.2, -0.15) is 0 Å². The van der Waals surface area contributed by atoms with Gasteiger partial charge < -0.3 is 29.9 Å². The van der Waals surface area contributed by atoms with Crippen molar-refractivity contribution in [1.29, 1.82) is 0 Å². The number of guanidine groups is 1. The maximum absolute atomic E-state index is 5.43. The van der Waals surface area contributed by atoms with E-state index in [0.717, 1.165) is 61.7 Å². The van der Waals surface area contributed by atoms with Crippen LogP contribution in [-0.2, 0) is 0 Å². The lowest BCUT2D eigenvalue weighted by molar-refractivity contribution is 0.158. The Balaban J connectivity index is 1.36. The van der Waals surface area contributed by atoms with Gasteiger partial charge in [0.15, 0.2) is 5.96 Å². The molecular formula is C25H43N5O2. The van der Waals surface area contributed by atoms with E-state index in [1.54, 1.807) is 14.2 Å². The number of methoxy groups -OCH3 is 2. The lowest BCUT2D eigenvalue weighted by atomic mass is 10.0. The molecule has 2 N–H and O–H groups in total. The summed E-state index contributed by atoms with van der Waals surface area (Å²) >= 11 is 0. The standard InChI is InChI=1S/C25H43N5O2/c1-20-9-5-7-13-29(20)14-8-6-12-27-25(26-2)28-21-10-15-30(16-11-21)22-17-23(31-3)19-24(18-22)32-4/h17-21H,5-16H2,1-4H3,(H2,26,27,28). The van der Waals surface area contributed by atoms with Crippen LogP contribution in [0, 0.1) is 0 Å². The van der Waals surface area contributed by atoms with E-state index in [1.165, 1.54) is 45.2 Å². The minimum Gasteiger partial charge on any atom is -0.497 e. The molecule has 2 heterocycles. The number of aliphatic imine (C=N–C) groups is 1. The first-order valence-corrected chi connectivity index (χ1v) is 12.3. The first-order chi connectivity index (χ1) is 15.6. The molecule has 0 spiro atoms. The summed E-state index contributed by atoms with van der Waals surface area (Å²) in [4.78, 5) is 9.50. The molecule has 2 saturated heterocycles. The molecule has 7 nitrogen and oxygen atoms in total. The highest BCUT2D eigenvalue weighted by Gasteiger charge is 2.21. The van der Waals surface area contributed by atoms with Crippen molar-refractivity contribution in [2.45, 2.75) is 64.0 Å². The maximum atomic E-state index is 5.43. The number of unbranched alkanes of at least 4 members (excludes halogenated alkanes) is 1. The zero-order valence-corrected chi connectivity index (χ0v) is 20.5. The van der Waals surface area contributed by atoms with Gasteiger partial charge in [-0.25, -0.2) is 0 Å². The summed E-state index contributed by atoms with van der Waals surface area (Å²) < 4.78 is 10.9. The molecule has 1 unspecified atom stereocenters. The molecule has 0 aliphatic carbocycles. The smallest absolute Gasteiger partial charge is 0.191 e. The largest absolute Gasteiger partial charge is 0.497 e. The summed E-state index contributed by atoms with van der Waals surface area (Å²) in [6.45, 7) is 7.85. The van der Waals surface area contributed by atoms with E-state index in [1.807, 2.05) is 13.1 Å². The van der Waals surface area contributed by atoms with E-state index < -0.39 is 0 Å². The van der Waals surface area contributed by atoms with Crippen LogP contribution in [0.15, 0.2) is 23.2 Å². The number of hydrogen-bond donors (Lipinski definition) is 2. The molecule has 2 fully saturated rings. The summed E-state index contributed by atoms with van der Waals surface area (Å²) in [5.74, 6) is 2.59. The van der Waals surface area contributed by atoms with Crippen LogP contribution < -0.4 is 25.0 Å². The van der Waals surface area contributed by atoms with Crippen LogP contribution in [-0.4, -0.2) is 76.9 Å². The zero-order chi connectivity index (χ0) is 22.8. The first-order valence-electron chi connectivity index (χ1n) is 12.3. The molecule has 0 bridgehead atoms. The van der Waals surface area contributed by atoms with Gasteiger partial charge in [-0.1, -0.05) is 6.42 Å². The van der Waals surface area contributed by atoms with Crippen LogP contribution in [0.2, 0.25) is 0 Å². The molecule has 2 aliphatic rings. The predicted octanol–water partition coefficient (Wildman–Crippen LogP) is 3.49. The molecular weight excluding hydrogens is 402 g/mol.